The summed E-state index contributed by atoms with van der Waals surface area (Å²) in [4.78, 5) is 13.1. The average Bonchev–Trinajstić information content (AvgIpc) is 2.61. The molecule has 0 spiro atoms. The lowest BCUT2D eigenvalue weighted by Gasteiger charge is -2.17. The number of rotatable bonds is 7. The summed E-state index contributed by atoms with van der Waals surface area (Å²) in [5.41, 5.74) is -0.123. The van der Waals surface area contributed by atoms with Gasteiger partial charge in [-0.05, 0) is 23.8 Å². The molecule has 0 aliphatic carbocycles. The van der Waals surface area contributed by atoms with E-state index in [4.69, 9.17) is 0 Å². The Balaban J connectivity index is 1.93. The Kier molecular flexibility index (Phi) is 6.61. The molecule has 2 rings (SSSR count). The third-order valence-electron chi connectivity index (χ3n) is 3.79. The summed E-state index contributed by atoms with van der Waals surface area (Å²) in [7, 11) is -2.55. The molecule has 0 aliphatic heterocycles. The van der Waals surface area contributed by atoms with Crippen molar-refractivity contribution in [3.05, 3.63) is 65.7 Å². The molecule has 0 heterocycles. The van der Waals surface area contributed by atoms with Crippen molar-refractivity contribution in [1.29, 1.82) is 0 Å². The van der Waals surface area contributed by atoms with E-state index in [2.05, 4.69) is 4.72 Å². The van der Waals surface area contributed by atoms with Crippen molar-refractivity contribution < 1.29 is 26.4 Å². The molecular weight excluding hydrogens is 381 g/mol. The number of benzene rings is 2. The van der Waals surface area contributed by atoms with Crippen LogP contribution in [0.3, 0.4) is 0 Å². The van der Waals surface area contributed by atoms with Gasteiger partial charge in [0, 0.05) is 26.6 Å². The van der Waals surface area contributed by atoms with Crippen LogP contribution in [-0.2, 0) is 27.5 Å². The zero-order chi connectivity index (χ0) is 20.1. The second-order valence-electron chi connectivity index (χ2n) is 5.91. The van der Waals surface area contributed by atoms with Crippen LogP contribution in [0.15, 0.2) is 59.5 Å². The lowest BCUT2D eigenvalue weighted by molar-refractivity contribution is -0.137. The van der Waals surface area contributed by atoms with Gasteiger partial charge in [-0.3, -0.25) is 4.79 Å². The number of carbonyl (C=O) groups is 1. The molecule has 146 valence electrons. The third kappa shape index (κ3) is 6.07. The second-order valence-corrected chi connectivity index (χ2v) is 7.68. The first kappa shape index (κ1) is 20.9. The number of alkyl halides is 3. The SMILES string of the molecule is CN(Cc1ccccc1)C(=O)CCNS(=O)(=O)c1cccc(C(F)(F)F)c1. The number of halogens is 3. The van der Waals surface area contributed by atoms with Crippen LogP contribution >= 0.6 is 0 Å². The normalized spacial score (nSPS) is 12.0. The van der Waals surface area contributed by atoms with Gasteiger partial charge in [0.1, 0.15) is 0 Å². The summed E-state index contributed by atoms with van der Waals surface area (Å²) in [6, 6.07) is 12.7. The molecule has 27 heavy (non-hydrogen) atoms. The van der Waals surface area contributed by atoms with E-state index in [1.807, 2.05) is 30.3 Å². The first-order valence-corrected chi connectivity index (χ1v) is 9.53. The summed E-state index contributed by atoms with van der Waals surface area (Å²) < 4.78 is 64.6. The van der Waals surface area contributed by atoms with E-state index in [0.717, 1.165) is 23.8 Å². The van der Waals surface area contributed by atoms with Crippen molar-refractivity contribution in [3.8, 4) is 0 Å². The van der Waals surface area contributed by atoms with Crippen LogP contribution in [0.1, 0.15) is 17.5 Å². The molecule has 9 heteroatoms. The molecule has 0 unspecified atom stereocenters. The summed E-state index contributed by atoms with van der Waals surface area (Å²) in [5, 5.41) is 0. The first-order valence-electron chi connectivity index (χ1n) is 8.04. The number of sulfonamides is 1. The fourth-order valence-electron chi connectivity index (χ4n) is 2.35. The van der Waals surface area contributed by atoms with E-state index < -0.39 is 26.7 Å². The lowest BCUT2D eigenvalue weighted by atomic mass is 10.2. The van der Waals surface area contributed by atoms with E-state index in [1.54, 1.807) is 7.05 Å². The Morgan fingerprint density at radius 3 is 2.37 bits per heavy atom. The molecule has 0 aliphatic rings. The van der Waals surface area contributed by atoms with Crippen molar-refractivity contribution >= 4 is 15.9 Å². The minimum absolute atomic E-state index is 0.110. The Morgan fingerprint density at radius 2 is 1.74 bits per heavy atom. The summed E-state index contributed by atoms with van der Waals surface area (Å²) in [6.45, 7) is 0.163. The van der Waals surface area contributed by atoms with Crippen molar-refractivity contribution in [2.24, 2.45) is 0 Å². The molecule has 0 atom stereocenters. The van der Waals surface area contributed by atoms with Crippen LogP contribution in [0.5, 0.6) is 0 Å². The standard InChI is InChI=1S/C18H19F3N2O3S/c1-23(13-14-6-3-2-4-7-14)17(24)10-11-22-27(25,26)16-9-5-8-15(12-16)18(19,20)21/h2-9,12,22H,10-11,13H2,1H3. The van der Waals surface area contributed by atoms with Gasteiger partial charge in [0.2, 0.25) is 15.9 Å². The quantitative estimate of drug-likeness (QED) is 0.777. The van der Waals surface area contributed by atoms with Gasteiger partial charge in [-0.25, -0.2) is 13.1 Å². The van der Waals surface area contributed by atoms with E-state index in [0.29, 0.717) is 12.6 Å². The van der Waals surface area contributed by atoms with Crippen LogP contribution in [-0.4, -0.2) is 32.8 Å². The van der Waals surface area contributed by atoms with E-state index in [1.165, 1.54) is 4.90 Å². The van der Waals surface area contributed by atoms with Crippen LogP contribution in [0.2, 0.25) is 0 Å². The fourth-order valence-corrected chi connectivity index (χ4v) is 3.43. The molecule has 5 nitrogen and oxygen atoms in total. The molecule has 0 saturated heterocycles. The number of carbonyl (C=O) groups excluding carboxylic acids is 1. The maximum absolute atomic E-state index is 12.7. The summed E-state index contributed by atoms with van der Waals surface area (Å²) in [6.07, 6.45) is -4.75. The number of nitrogens with one attached hydrogen (secondary N) is 1. The lowest BCUT2D eigenvalue weighted by Crippen LogP contribution is -2.32. The Bertz CT molecular complexity index is 884. The molecule has 0 aromatic heterocycles. The van der Waals surface area contributed by atoms with Gasteiger partial charge >= 0.3 is 6.18 Å². The molecule has 2 aromatic carbocycles. The third-order valence-corrected chi connectivity index (χ3v) is 5.25. The zero-order valence-corrected chi connectivity index (χ0v) is 15.3. The maximum atomic E-state index is 12.7. The van der Waals surface area contributed by atoms with Crippen molar-refractivity contribution in [1.82, 2.24) is 9.62 Å². The van der Waals surface area contributed by atoms with E-state index in [-0.39, 0.29) is 18.9 Å². The zero-order valence-electron chi connectivity index (χ0n) is 14.5. The van der Waals surface area contributed by atoms with Gasteiger partial charge in [-0.15, -0.1) is 0 Å². The van der Waals surface area contributed by atoms with Crippen LogP contribution in [0.4, 0.5) is 13.2 Å². The van der Waals surface area contributed by atoms with Gasteiger partial charge < -0.3 is 4.90 Å². The molecule has 2 aromatic rings. The predicted molar refractivity (Wildman–Crippen MR) is 94.2 cm³/mol. The maximum Gasteiger partial charge on any atom is 0.416 e. The number of amides is 1. The van der Waals surface area contributed by atoms with Crippen molar-refractivity contribution in [2.45, 2.75) is 24.0 Å². The van der Waals surface area contributed by atoms with E-state index in [9.17, 15) is 26.4 Å². The van der Waals surface area contributed by atoms with Gasteiger partial charge in [0.05, 0.1) is 10.5 Å². The van der Waals surface area contributed by atoms with Crippen molar-refractivity contribution in [2.75, 3.05) is 13.6 Å². The highest BCUT2D eigenvalue weighted by molar-refractivity contribution is 7.89. The molecule has 0 fully saturated rings. The topological polar surface area (TPSA) is 66.5 Å². The Hall–Kier alpha value is -2.39. The second kappa shape index (κ2) is 8.53. The van der Waals surface area contributed by atoms with Gasteiger partial charge in [-0.2, -0.15) is 13.2 Å². The molecule has 0 saturated carbocycles. The average molecular weight is 400 g/mol. The van der Waals surface area contributed by atoms with Gasteiger partial charge in [-0.1, -0.05) is 36.4 Å². The minimum atomic E-state index is -4.64. The van der Waals surface area contributed by atoms with E-state index >= 15 is 0 Å². The monoisotopic (exact) mass is 400 g/mol. The first-order chi connectivity index (χ1) is 12.6. The van der Waals surface area contributed by atoms with Crippen molar-refractivity contribution in [3.63, 3.8) is 0 Å². The highest BCUT2D eigenvalue weighted by Gasteiger charge is 2.31. The molecule has 1 N–H and O–H groups in total. The Labute approximate surface area is 155 Å². The number of hydrogen-bond acceptors (Lipinski definition) is 3. The van der Waals surface area contributed by atoms with Gasteiger partial charge in [0.25, 0.3) is 0 Å². The Morgan fingerprint density at radius 1 is 1.07 bits per heavy atom. The highest BCUT2D eigenvalue weighted by atomic mass is 32.2. The molecular formula is C18H19F3N2O3S. The summed E-state index contributed by atoms with van der Waals surface area (Å²) >= 11 is 0. The number of nitrogens with zero attached hydrogens (tertiary/aromatic N) is 1. The fraction of sp³-hybridized carbons (Fsp3) is 0.278. The molecule has 0 radical (unpaired) electrons. The summed E-state index contributed by atoms with van der Waals surface area (Å²) in [5.74, 6) is -0.286. The number of hydrogen-bond donors (Lipinski definition) is 1. The highest BCUT2D eigenvalue weighted by Crippen LogP contribution is 2.30. The minimum Gasteiger partial charge on any atom is -0.341 e. The molecule has 0 bridgehead atoms. The van der Waals surface area contributed by atoms with Crippen LogP contribution in [0.25, 0.3) is 0 Å². The van der Waals surface area contributed by atoms with Gasteiger partial charge in [0.15, 0.2) is 0 Å². The predicted octanol–water partition coefficient (Wildman–Crippen LogP) is 3.03. The largest absolute Gasteiger partial charge is 0.416 e. The molecule has 1 amide bonds. The smallest absolute Gasteiger partial charge is 0.341 e. The van der Waals surface area contributed by atoms with Crippen LogP contribution in [0, 0.1) is 0 Å². The van der Waals surface area contributed by atoms with Crippen LogP contribution < -0.4 is 4.72 Å².